The van der Waals surface area contributed by atoms with Gasteiger partial charge in [0.1, 0.15) is 0 Å². The van der Waals surface area contributed by atoms with Crippen LogP contribution in [0.4, 0.5) is 0 Å². The molecule has 106 valence electrons. The maximum absolute atomic E-state index is 12.2. The first-order valence-corrected chi connectivity index (χ1v) is 6.86. The Labute approximate surface area is 117 Å². The first kappa shape index (κ1) is 13.1. The smallest absolute Gasteiger partial charge is 0.224 e. The Balaban J connectivity index is 1.67. The number of rotatable bonds is 4. The summed E-state index contributed by atoms with van der Waals surface area (Å²) in [6.45, 7) is 1.55. The van der Waals surface area contributed by atoms with E-state index in [1.165, 1.54) is 0 Å². The van der Waals surface area contributed by atoms with Crippen LogP contribution in [0.15, 0.2) is 30.5 Å². The molecule has 1 amide bonds. The molecule has 0 spiro atoms. The number of carbonyl (C=O) groups is 1. The maximum Gasteiger partial charge on any atom is 0.224 e. The summed E-state index contributed by atoms with van der Waals surface area (Å²) in [5.41, 5.74) is 2.09. The molecule has 2 atom stereocenters. The average molecular weight is 273 g/mol. The Bertz CT molecular complexity index is 608. The maximum atomic E-state index is 12.2. The van der Waals surface area contributed by atoms with Gasteiger partial charge in [0.2, 0.25) is 5.91 Å². The zero-order valence-electron chi connectivity index (χ0n) is 11.5. The Kier molecular flexibility index (Phi) is 3.71. The first-order valence-electron chi connectivity index (χ1n) is 6.86. The minimum absolute atomic E-state index is 0.0329. The van der Waals surface area contributed by atoms with Crippen molar-refractivity contribution < 1.29 is 9.53 Å². The van der Waals surface area contributed by atoms with Crippen LogP contribution in [0.3, 0.4) is 0 Å². The van der Waals surface area contributed by atoms with Crippen molar-refractivity contribution in [1.29, 1.82) is 0 Å². The summed E-state index contributed by atoms with van der Waals surface area (Å²) in [7, 11) is 1.68. The lowest BCUT2D eigenvalue weighted by atomic mass is 10.1. The minimum atomic E-state index is 0.0329. The van der Waals surface area contributed by atoms with Crippen molar-refractivity contribution in [2.75, 3.05) is 20.2 Å². The lowest BCUT2D eigenvalue weighted by Gasteiger charge is -2.18. The third kappa shape index (κ3) is 2.55. The molecule has 1 aliphatic heterocycles. The number of H-pyrrole nitrogens is 1. The summed E-state index contributed by atoms with van der Waals surface area (Å²) in [5.74, 6) is 0.0329. The summed E-state index contributed by atoms with van der Waals surface area (Å²) < 4.78 is 5.35. The molecule has 0 aliphatic carbocycles. The van der Waals surface area contributed by atoms with Gasteiger partial charge >= 0.3 is 0 Å². The van der Waals surface area contributed by atoms with Gasteiger partial charge in [-0.15, -0.1) is 0 Å². The van der Waals surface area contributed by atoms with Gasteiger partial charge in [-0.05, 0) is 11.6 Å². The summed E-state index contributed by atoms with van der Waals surface area (Å²) in [6.07, 6.45) is 2.35. The van der Waals surface area contributed by atoms with Crippen molar-refractivity contribution >= 4 is 16.8 Å². The number of methoxy groups -OCH3 is 1. The summed E-state index contributed by atoms with van der Waals surface area (Å²) >= 11 is 0. The Morgan fingerprint density at radius 2 is 2.25 bits per heavy atom. The van der Waals surface area contributed by atoms with Crippen LogP contribution in [0.25, 0.3) is 10.9 Å². The summed E-state index contributed by atoms with van der Waals surface area (Å²) in [6, 6.07) is 8.06. The zero-order valence-corrected chi connectivity index (χ0v) is 11.5. The van der Waals surface area contributed by atoms with Gasteiger partial charge in [-0.2, -0.15) is 0 Å². The second kappa shape index (κ2) is 5.64. The van der Waals surface area contributed by atoms with Gasteiger partial charge in [0.15, 0.2) is 0 Å². The third-order valence-corrected chi connectivity index (χ3v) is 3.83. The van der Waals surface area contributed by atoms with E-state index in [9.17, 15) is 4.79 Å². The van der Waals surface area contributed by atoms with Gasteiger partial charge < -0.3 is 20.4 Å². The summed E-state index contributed by atoms with van der Waals surface area (Å²) in [4.78, 5) is 15.4. The van der Waals surface area contributed by atoms with E-state index in [1.807, 2.05) is 30.5 Å². The highest BCUT2D eigenvalue weighted by Gasteiger charge is 2.28. The van der Waals surface area contributed by atoms with Crippen LogP contribution >= 0.6 is 0 Å². The third-order valence-electron chi connectivity index (χ3n) is 3.83. The van der Waals surface area contributed by atoms with Gasteiger partial charge in [0, 0.05) is 37.3 Å². The van der Waals surface area contributed by atoms with Gasteiger partial charge in [0.25, 0.3) is 0 Å². The standard InChI is InChI=1S/C15H19N3O2/c1-20-14-9-16-8-13(14)18-15(19)6-10-7-17-12-5-3-2-4-11(10)12/h2-5,7,13-14,16-17H,6,8-9H2,1H3,(H,18,19)/t13?,14-/m0/s1. The van der Waals surface area contributed by atoms with Crippen molar-refractivity contribution in [3.63, 3.8) is 0 Å². The van der Waals surface area contributed by atoms with Crippen LogP contribution in [-0.4, -0.2) is 43.2 Å². The molecule has 0 bridgehead atoms. The molecule has 2 heterocycles. The van der Waals surface area contributed by atoms with Gasteiger partial charge in [-0.3, -0.25) is 4.79 Å². The molecule has 0 radical (unpaired) electrons. The average Bonchev–Trinajstić information content (AvgIpc) is 3.06. The van der Waals surface area contributed by atoms with Crippen LogP contribution in [0.1, 0.15) is 5.56 Å². The normalized spacial score (nSPS) is 22.2. The van der Waals surface area contributed by atoms with Gasteiger partial charge in [0.05, 0.1) is 18.6 Å². The molecule has 0 saturated carbocycles. The number of aromatic amines is 1. The second-order valence-corrected chi connectivity index (χ2v) is 5.14. The number of hydrogen-bond acceptors (Lipinski definition) is 3. The highest BCUT2D eigenvalue weighted by molar-refractivity contribution is 5.88. The fraction of sp³-hybridized carbons (Fsp3) is 0.400. The van der Waals surface area contributed by atoms with Crippen LogP contribution in [0.5, 0.6) is 0 Å². The quantitative estimate of drug-likeness (QED) is 0.772. The van der Waals surface area contributed by atoms with Crippen molar-refractivity contribution in [3.05, 3.63) is 36.0 Å². The van der Waals surface area contributed by atoms with E-state index >= 15 is 0 Å². The largest absolute Gasteiger partial charge is 0.378 e. The topological polar surface area (TPSA) is 66.2 Å². The van der Waals surface area contributed by atoms with Crippen LogP contribution in [-0.2, 0) is 16.0 Å². The fourth-order valence-electron chi connectivity index (χ4n) is 2.76. The number of ether oxygens (including phenoxy) is 1. The molecule has 20 heavy (non-hydrogen) atoms. The first-order chi connectivity index (χ1) is 9.78. The number of nitrogens with one attached hydrogen (secondary N) is 3. The van der Waals surface area contributed by atoms with Crippen molar-refractivity contribution in [2.45, 2.75) is 18.6 Å². The van der Waals surface area contributed by atoms with Gasteiger partial charge in [-0.1, -0.05) is 18.2 Å². The molecule has 1 fully saturated rings. The molecule has 3 rings (SSSR count). The van der Waals surface area contributed by atoms with E-state index in [0.29, 0.717) is 6.42 Å². The molecule has 1 aromatic carbocycles. The molecular formula is C15H19N3O2. The Morgan fingerprint density at radius 1 is 1.40 bits per heavy atom. The fourth-order valence-corrected chi connectivity index (χ4v) is 2.76. The molecule has 1 aromatic heterocycles. The number of benzene rings is 1. The van der Waals surface area contributed by atoms with E-state index in [0.717, 1.165) is 29.6 Å². The highest BCUT2D eigenvalue weighted by Crippen LogP contribution is 2.18. The number of amides is 1. The van der Waals surface area contributed by atoms with Crippen LogP contribution < -0.4 is 10.6 Å². The minimum Gasteiger partial charge on any atom is -0.378 e. The van der Waals surface area contributed by atoms with Crippen LogP contribution in [0, 0.1) is 0 Å². The number of carbonyl (C=O) groups excluding carboxylic acids is 1. The van der Waals surface area contributed by atoms with Crippen molar-refractivity contribution in [2.24, 2.45) is 0 Å². The molecule has 5 nitrogen and oxygen atoms in total. The Hall–Kier alpha value is -1.85. The molecule has 2 aromatic rings. The molecule has 1 unspecified atom stereocenters. The predicted molar refractivity (Wildman–Crippen MR) is 77.6 cm³/mol. The lowest BCUT2D eigenvalue weighted by Crippen LogP contribution is -2.44. The Morgan fingerprint density at radius 3 is 3.10 bits per heavy atom. The molecule has 5 heteroatoms. The summed E-state index contributed by atoms with van der Waals surface area (Å²) in [5, 5.41) is 7.37. The van der Waals surface area contributed by atoms with E-state index in [4.69, 9.17) is 4.74 Å². The van der Waals surface area contributed by atoms with Crippen LogP contribution in [0.2, 0.25) is 0 Å². The zero-order chi connectivity index (χ0) is 13.9. The number of aromatic nitrogens is 1. The number of para-hydroxylation sites is 1. The SMILES string of the molecule is CO[C@H]1CNCC1NC(=O)Cc1c[nH]c2ccccc12. The highest BCUT2D eigenvalue weighted by atomic mass is 16.5. The van der Waals surface area contributed by atoms with E-state index in [2.05, 4.69) is 15.6 Å². The molecular weight excluding hydrogens is 254 g/mol. The van der Waals surface area contributed by atoms with Crippen molar-refractivity contribution in [3.8, 4) is 0 Å². The van der Waals surface area contributed by atoms with E-state index < -0.39 is 0 Å². The number of hydrogen-bond donors (Lipinski definition) is 3. The van der Waals surface area contributed by atoms with E-state index in [1.54, 1.807) is 7.11 Å². The molecule has 3 N–H and O–H groups in total. The molecule has 1 aliphatic rings. The van der Waals surface area contributed by atoms with Crippen molar-refractivity contribution in [1.82, 2.24) is 15.6 Å². The number of fused-ring (bicyclic) bond motifs is 1. The second-order valence-electron chi connectivity index (χ2n) is 5.14. The van der Waals surface area contributed by atoms with E-state index in [-0.39, 0.29) is 18.1 Å². The predicted octanol–water partition coefficient (Wildman–Crippen LogP) is 0.813. The monoisotopic (exact) mass is 273 g/mol. The van der Waals surface area contributed by atoms with Gasteiger partial charge in [-0.25, -0.2) is 0 Å². The lowest BCUT2D eigenvalue weighted by molar-refractivity contribution is -0.121. The molecule has 1 saturated heterocycles.